The van der Waals surface area contributed by atoms with Gasteiger partial charge in [-0.2, -0.15) is 0 Å². The summed E-state index contributed by atoms with van der Waals surface area (Å²) < 4.78 is 0.527. The quantitative estimate of drug-likeness (QED) is 0.0253. The van der Waals surface area contributed by atoms with Crippen molar-refractivity contribution >= 4 is 74.5 Å². The van der Waals surface area contributed by atoms with Crippen molar-refractivity contribution in [2.75, 3.05) is 13.1 Å². The summed E-state index contributed by atoms with van der Waals surface area (Å²) >= 11 is 1.02. The van der Waals surface area contributed by atoms with Crippen molar-refractivity contribution < 1.29 is 38.4 Å². The first kappa shape index (κ1) is 49.6. The number of carbonyl (C=O) groups excluding carboxylic acids is 8. The smallest absolute Gasteiger partial charge is 0.243 e. The number of aliphatic imine (C=N–C) groups is 1. The number of amides is 6. The summed E-state index contributed by atoms with van der Waals surface area (Å²) in [5, 5.41) is 10.7. The zero-order valence-electron chi connectivity index (χ0n) is 34.5. The second-order valence-corrected chi connectivity index (χ2v) is 16.3. The highest BCUT2D eigenvalue weighted by Gasteiger charge is 2.33. The maximum atomic E-state index is 14.1. The summed E-state index contributed by atoms with van der Waals surface area (Å²) in [6.45, 7) is 9.04. The minimum atomic E-state index is -1.31. The summed E-state index contributed by atoms with van der Waals surface area (Å²) in [6, 6.07) is 0.103. The molecule has 0 bridgehead atoms. The number of hydrogen-bond acceptors (Lipinski definition) is 12. The van der Waals surface area contributed by atoms with Gasteiger partial charge in [0.05, 0.1) is 16.3 Å². The maximum Gasteiger partial charge on any atom is 0.243 e. The van der Waals surface area contributed by atoms with E-state index in [1.54, 1.807) is 32.0 Å². The van der Waals surface area contributed by atoms with Crippen LogP contribution in [0.15, 0.2) is 23.2 Å². The zero-order valence-corrected chi connectivity index (χ0v) is 35.3. The third-order valence-corrected chi connectivity index (χ3v) is 10.4. The molecule has 14 N–H and O–H groups in total. The molecule has 1 aromatic heterocycles. The molecule has 59 heavy (non-hydrogen) atoms. The van der Waals surface area contributed by atoms with Gasteiger partial charge in [0.1, 0.15) is 18.1 Å². The molecule has 0 aliphatic carbocycles. The number of carbonyl (C=O) groups is 8. The highest BCUT2D eigenvalue weighted by Crippen LogP contribution is 2.27. The first-order valence-electron chi connectivity index (χ1n) is 19.7. The predicted molar refractivity (Wildman–Crippen MR) is 225 cm³/mol. The Morgan fingerprint density at radius 2 is 1.36 bits per heavy atom. The molecule has 0 radical (unpaired) electrons. The van der Waals surface area contributed by atoms with E-state index >= 15 is 0 Å². The van der Waals surface area contributed by atoms with Crippen LogP contribution in [0.1, 0.15) is 113 Å². The summed E-state index contributed by atoms with van der Waals surface area (Å²) in [5.41, 5.74) is 28.2. The largest absolute Gasteiger partial charge is 0.370 e. The van der Waals surface area contributed by atoms with Crippen molar-refractivity contribution in [1.82, 2.24) is 26.3 Å². The van der Waals surface area contributed by atoms with Crippen LogP contribution in [0.2, 0.25) is 0 Å². The van der Waals surface area contributed by atoms with Gasteiger partial charge in [0.2, 0.25) is 41.2 Å². The monoisotopic (exact) mass is 843 g/mol. The van der Waals surface area contributed by atoms with Crippen LogP contribution in [0.4, 0.5) is 0 Å². The number of nitrogens with one attached hydrogen (secondary N) is 4. The number of thiazole rings is 1. The molecule has 6 amide bonds. The molecule has 2 rings (SSSR count). The predicted octanol–water partition coefficient (Wildman–Crippen LogP) is 0.263. The molecular weight excluding hydrogens is 783 g/mol. The lowest BCUT2D eigenvalue weighted by Gasteiger charge is -2.27. The molecule has 0 unspecified atom stereocenters. The fraction of sp³-hybridized carbons (Fsp3) is 0.590. The van der Waals surface area contributed by atoms with E-state index < -0.39 is 71.3 Å². The molecule has 1 heterocycles. The second kappa shape index (κ2) is 24.4. The van der Waals surface area contributed by atoms with E-state index in [2.05, 4.69) is 31.2 Å². The summed E-state index contributed by atoms with van der Waals surface area (Å²) in [7, 11) is 0. The van der Waals surface area contributed by atoms with E-state index in [1.165, 1.54) is 6.92 Å². The van der Waals surface area contributed by atoms with Crippen molar-refractivity contribution in [2.24, 2.45) is 51.4 Å². The lowest BCUT2D eigenvalue weighted by atomic mass is 9.88. The standard InChI is InChI=1S/C39H61N11O8S/c1-20(2)17-29(49-36(57)28(13-14-32(41)53)48-35(56)27(46-22(5)51)9-6-7-15-40)37(58)47-26(10-8-16-45-39(43)44)33(54)38-50-25-12-11-23(18-31(25)59-38)30(52)19-24(21(3)4)34(42)55/h11-12,18,20-21,24,26-29H,6-10,13-17,19,40H2,1-5H3,(H2,41,53)(H2,42,55)(H,46,51)(H,47,58)(H,48,56)(H,49,57)(H4,43,44,45)/t24-,26-,27-,28-,29-/m0/s1. The van der Waals surface area contributed by atoms with Gasteiger partial charge in [-0.1, -0.05) is 27.7 Å². The lowest BCUT2D eigenvalue weighted by Crippen LogP contribution is -2.58. The van der Waals surface area contributed by atoms with E-state index in [0.717, 1.165) is 11.3 Å². The Bertz CT molecular complexity index is 1840. The topological polar surface area (TPSA) is 340 Å². The van der Waals surface area contributed by atoms with Gasteiger partial charge in [-0.3, -0.25) is 43.3 Å². The number of rotatable bonds is 27. The van der Waals surface area contributed by atoms with Gasteiger partial charge < -0.3 is 49.9 Å². The van der Waals surface area contributed by atoms with E-state index in [1.807, 2.05) is 13.8 Å². The van der Waals surface area contributed by atoms with E-state index in [9.17, 15) is 38.4 Å². The van der Waals surface area contributed by atoms with Crippen LogP contribution in [0, 0.1) is 17.8 Å². The molecule has 326 valence electrons. The first-order valence-corrected chi connectivity index (χ1v) is 20.5. The van der Waals surface area contributed by atoms with Crippen LogP contribution in [-0.2, 0) is 28.8 Å². The molecule has 0 aliphatic rings. The fourth-order valence-corrected chi connectivity index (χ4v) is 7.19. The number of hydrogen-bond donors (Lipinski definition) is 9. The average Bonchev–Trinajstić information content (AvgIpc) is 3.58. The van der Waals surface area contributed by atoms with Crippen molar-refractivity contribution in [3.05, 3.63) is 28.8 Å². The first-order chi connectivity index (χ1) is 27.7. The molecule has 5 atom stereocenters. The van der Waals surface area contributed by atoms with Crippen LogP contribution in [-0.4, -0.2) is 95.2 Å². The third kappa shape index (κ3) is 17.1. The minimum absolute atomic E-state index is 0.0489. The Labute approximate surface area is 348 Å². The number of primary amides is 2. The van der Waals surface area contributed by atoms with E-state index in [-0.39, 0.29) is 80.1 Å². The molecule has 19 nitrogen and oxygen atoms in total. The third-order valence-electron chi connectivity index (χ3n) is 9.37. The fourth-order valence-electron chi connectivity index (χ4n) is 6.19. The number of benzene rings is 1. The van der Waals surface area contributed by atoms with Gasteiger partial charge in [-0.05, 0) is 81.5 Å². The number of ketones is 2. The SMILES string of the molecule is CC(=O)N[C@@H](CCCCN)C(=O)N[C@@H](CCC(N)=O)C(=O)N[C@@H](CC(C)C)C(=O)N[C@@H](CCCN=C(N)N)C(=O)c1nc2ccc(C(=O)C[C@H](C(N)=O)C(C)C)cc2s1. The Morgan fingerprint density at radius 1 is 0.763 bits per heavy atom. The molecular formula is C39H61N11O8S. The minimum Gasteiger partial charge on any atom is -0.370 e. The molecule has 0 fully saturated rings. The zero-order chi connectivity index (χ0) is 44.4. The maximum absolute atomic E-state index is 14.1. The molecule has 2 aromatic rings. The number of Topliss-reactive ketones (excluding diaryl/α,β-unsaturated/α-hetero) is 2. The van der Waals surface area contributed by atoms with Gasteiger partial charge in [-0.25, -0.2) is 4.98 Å². The number of fused-ring (bicyclic) bond motifs is 1. The molecule has 20 heteroatoms. The summed E-state index contributed by atoms with van der Waals surface area (Å²) in [5.74, 6) is -5.82. The Balaban J connectivity index is 2.41. The van der Waals surface area contributed by atoms with Crippen molar-refractivity contribution in [3.8, 4) is 0 Å². The highest BCUT2D eigenvalue weighted by atomic mass is 32.1. The highest BCUT2D eigenvalue weighted by molar-refractivity contribution is 7.20. The average molecular weight is 844 g/mol. The summed E-state index contributed by atoms with van der Waals surface area (Å²) in [6.07, 6.45) is 1.30. The molecule has 0 saturated heterocycles. The molecule has 0 aliphatic heterocycles. The van der Waals surface area contributed by atoms with E-state index in [4.69, 9.17) is 28.7 Å². The normalized spacial score (nSPS) is 13.8. The van der Waals surface area contributed by atoms with Gasteiger partial charge in [0, 0.05) is 37.8 Å². The van der Waals surface area contributed by atoms with Crippen molar-refractivity contribution in [1.29, 1.82) is 0 Å². The summed E-state index contributed by atoms with van der Waals surface area (Å²) in [4.78, 5) is 112. The van der Waals surface area contributed by atoms with Gasteiger partial charge in [0.15, 0.2) is 16.8 Å². The van der Waals surface area contributed by atoms with Crippen LogP contribution in [0.25, 0.3) is 10.2 Å². The van der Waals surface area contributed by atoms with Gasteiger partial charge in [0.25, 0.3) is 0 Å². The second-order valence-electron chi connectivity index (χ2n) is 15.3. The Morgan fingerprint density at radius 3 is 1.92 bits per heavy atom. The van der Waals surface area contributed by atoms with Gasteiger partial charge >= 0.3 is 0 Å². The number of guanidine groups is 1. The van der Waals surface area contributed by atoms with Crippen LogP contribution < -0.4 is 49.9 Å². The number of nitrogens with two attached hydrogens (primary N) is 5. The number of unbranched alkanes of at least 4 members (excludes halogenated alkanes) is 1. The molecule has 0 spiro atoms. The van der Waals surface area contributed by atoms with Crippen LogP contribution in [0.5, 0.6) is 0 Å². The Kier molecular flexibility index (Phi) is 20.6. The van der Waals surface area contributed by atoms with Crippen molar-refractivity contribution in [3.63, 3.8) is 0 Å². The number of aromatic nitrogens is 1. The van der Waals surface area contributed by atoms with Crippen LogP contribution in [0.3, 0.4) is 0 Å². The molecule has 1 aromatic carbocycles. The molecule has 0 saturated carbocycles. The van der Waals surface area contributed by atoms with Crippen molar-refractivity contribution in [2.45, 2.75) is 117 Å². The van der Waals surface area contributed by atoms with Crippen LogP contribution >= 0.6 is 11.3 Å². The number of nitrogens with zero attached hydrogens (tertiary/aromatic N) is 2. The van der Waals surface area contributed by atoms with Gasteiger partial charge in [-0.15, -0.1) is 11.3 Å². The van der Waals surface area contributed by atoms with E-state index in [0.29, 0.717) is 35.2 Å². The lowest BCUT2D eigenvalue weighted by molar-refractivity contribution is -0.134. The Hall–Kier alpha value is -5.50.